The molecule has 3 nitrogen and oxygen atoms in total. The van der Waals surface area contributed by atoms with Gasteiger partial charge in [0.15, 0.2) is 0 Å². The number of rotatable bonds is 7. The van der Waals surface area contributed by atoms with Gasteiger partial charge in [0.1, 0.15) is 0 Å². The van der Waals surface area contributed by atoms with Gasteiger partial charge in [0.05, 0.1) is 0 Å². The fourth-order valence-corrected chi connectivity index (χ4v) is 2.50. The molecule has 83 valence electrons. The summed E-state index contributed by atoms with van der Waals surface area (Å²) in [6.45, 7) is 7.25. The quantitative estimate of drug-likeness (QED) is 0.483. The van der Waals surface area contributed by atoms with Crippen molar-refractivity contribution in [2.45, 2.75) is 39.2 Å². The van der Waals surface area contributed by atoms with E-state index in [-0.39, 0.29) is 0 Å². The molecule has 0 aliphatic rings. The third-order valence-corrected chi connectivity index (χ3v) is 4.16. The highest BCUT2D eigenvalue weighted by Crippen LogP contribution is 2.15. The lowest BCUT2D eigenvalue weighted by atomic mass is 10.3. The molecular weight excluding hydrogens is 194 g/mol. The monoisotopic (exact) mass is 216 g/mol. The van der Waals surface area contributed by atoms with E-state index in [0.717, 1.165) is 19.4 Å². The summed E-state index contributed by atoms with van der Waals surface area (Å²) in [6.07, 6.45) is 2.09. The standard InChI is InChI=1S/C10H22NO2Si/c1-6-9(2)11-8-7-10(3)14(12-4)13-5/h10H,6-8H2,1-5H3. The second-order valence-corrected chi connectivity index (χ2v) is 5.83. The van der Waals surface area contributed by atoms with Crippen molar-refractivity contribution in [1.29, 1.82) is 0 Å². The molecule has 0 rings (SSSR count). The van der Waals surface area contributed by atoms with Crippen LogP contribution in [0.1, 0.15) is 33.6 Å². The first-order chi connectivity index (χ1) is 6.65. The molecule has 0 saturated carbocycles. The number of aliphatic imine (C=N–C) groups is 1. The number of nitrogens with zero attached hydrogens (tertiary/aromatic N) is 1. The van der Waals surface area contributed by atoms with Gasteiger partial charge in [0.25, 0.3) is 0 Å². The Bertz CT molecular complexity index is 170. The second kappa shape index (κ2) is 8.14. The van der Waals surface area contributed by atoms with Gasteiger partial charge in [-0.2, -0.15) is 0 Å². The highest BCUT2D eigenvalue weighted by atomic mass is 28.3. The highest BCUT2D eigenvalue weighted by molar-refractivity contribution is 6.46. The van der Waals surface area contributed by atoms with Crippen LogP contribution in [0.15, 0.2) is 4.99 Å². The molecule has 1 atom stereocenters. The van der Waals surface area contributed by atoms with Crippen molar-refractivity contribution in [3.05, 3.63) is 0 Å². The summed E-state index contributed by atoms with van der Waals surface area (Å²) in [6, 6.07) is 0. The lowest BCUT2D eigenvalue weighted by Gasteiger charge is -2.16. The van der Waals surface area contributed by atoms with Crippen molar-refractivity contribution >= 4 is 15.0 Å². The van der Waals surface area contributed by atoms with Crippen LogP contribution < -0.4 is 0 Å². The van der Waals surface area contributed by atoms with Crippen molar-refractivity contribution < 1.29 is 8.85 Å². The minimum Gasteiger partial charge on any atom is -0.397 e. The summed E-state index contributed by atoms with van der Waals surface area (Å²) < 4.78 is 10.6. The number of hydrogen-bond donors (Lipinski definition) is 0. The predicted octanol–water partition coefficient (Wildman–Crippen LogP) is 2.42. The average Bonchev–Trinajstić information content (AvgIpc) is 2.19. The van der Waals surface area contributed by atoms with Crippen LogP contribution in [0.4, 0.5) is 0 Å². The third kappa shape index (κ3) is 5.52. The topological polar surface area (TPSA) is 30.8 Å². The largest absolute Gasteiger partial charge is 0.397 e. The molecular formula is C10H22NO2Si. The molecule has 14 heavy (non-hydrogen) atoms. The van der Waals surface area contributed by atoms with Crippen LogP contribution in [0.25, 0.3) is 0 Å². The van der Waals surface area contributed by atoms with E-state index in [1.807, 2.05) is 0 Å². The van der Waals surface area contributed by atoms with E-state index in [1.54, 1.807) is 14.2 Å². The minimum atomic E-state index is -1.07. The second-order valence-electron chi connectivity index (χ2n) is 3.39. The molecule has 0 aromatic rings. The van der Waals surface area contributed by atoms with Gasteiger partial charge in [-0.1, -0.05) is 13.8 Å². The van der Waals surface area contributed by atoms with Gasteiger partial charge in [0, 0.05) is 32.0 Å². The molecule has 0 aliphatic carbocycles. The van der Waals surface area contributed by atoms with E-state index in [0.29, 0.717) is 5.54 Å². The van der Waals surface area contributed by atoms with Crippen LogP contribution in [-0.4, -0.2) is 35.8 Å². The summed E-state index contributed by atoms with van der Waals surface area (Å²) in [5.74, 6) is 0. The molecule has 1 unspecified atom stereocenters. The Balaban J connectivity index is 3.77. The summed E-state index contributed by atoms with van der Waals surface area (Å²) in [5.41, 5.74) is 1.71. The molecule has 0 aliphatic heterocycles. The van der Waals surface area contributed by atoms with Gasteiger partial charge in [-0.15, -0.1) is 0 Å². The van der Waals surface area contributed by atoms with Crippen LogP contribution in [0, 0.1) is 0 Å². The van der Waals surface area contributed by atoms with Crippen molar-refractivity contribution in [2.24, 2.45) is 4.99 Å². The zero-order valence-corrected chi connectivity index (χ0v) is 11.0. The van der Waals surface area contributed by atoms with Crippen LogP contribution in [0.2, 0.25) is 5.54 Å². The predicted molar refractivity (Wildman–Crippen MR) is 62.1 cm³/mol. The Morgan fingerprint density at radius 1 is 1.36 bits per heavy atom. The van der Waals surface area contributed by atoms with E-state index < -0.39 is 9.28 Å². The smallest absolute Gasteiger partial charge is 0.387 e. The number of hydrogen-bond acceptors (Lipinski definition) is 3. The molecule has 0 aromatic carbocycles. The fourth-order valence-electron chi connectivity index (χ4n) is 1.16. The Kier molecular flexibility index (Phi) is 8.03. The molecule has 0 aromatic heterocycles. The first kappa shape index (κ1) is 13.8. The first-order valence-electron chi connectivity index (χ1n) is 5.10. The summed E-state index contributed by atoms with van der Waals surface area (Å²) >= 11 is 0. The molecule has 4 heteroatoms. The van der Waals surface area contributed by atoms with E-state index in [4.69, 9.17) is 8.85 Å². The average molecular weight is 216 g/mol. The van der Waals surface area contributed by atoms with Gasteiger partial charge < -0.3 is 8.85 Å². The zero-order chi connectivity index (χ0) is 11.0. The lowest BCUT2D eigenvalue weighted by molar-refractivity contribution is 0.265. The molecule has 0 bridgehead atoms. The van der Waals surface area contributed by atoms with Gasteiger partial charge >= 0.3 is 9.28 Å². The SMILES string of the molecule is CCC(C)=NCCC(C)[Si](OC)OC. The summed E-state index contributed by atoms with van der Waals surface area (Å²) in [4.78, 5) is 4.46. The van der Waals surface area contributed by atoms with E-state index in [2.05, 4.69) is 25.8 Å². The van der Waals surface area contributed by atoms with Gasteiger partial charge in [-0.05, 0) is 19.8 Å². The van der Waals surface area contributed by atoms with Crippen molar-refractivity contribution in [1.82, 2.24) is 0 Å². The molecule has 0 heterocycles. The molecule has 1 radical (unpaired) electrons. The van der Waals surface area contributed by atoms with Crippen molar-refractivity contribution in [2.75, 3.05) is 20.8 Å². The lowest BCUT2D eigenvalue weighted by Crippen LogP contribution is -2.25. The third-order valence-electron chi connectivity index (χ3n) is 2.26. The maximum absolute atomic E-state index is 5.28. The van der Waals surface area contributed by atoms with Crippen LogP contribution >= 0.6 is 0 Å². The van der Waals surface area contributed by atoms with E-state index in [9.17, 15) is 0 Å². The Morgan fingerprint density at radius 3 is 2.36 bits per heavy atom. The Hall–Kier alpha value is -0.193. The van der Waals surface area contributed by atoms with Crippen LogP contribution in [0.5, 0.6) is 0 Å². The zero-order valence-electron chi connectivity index (χ0n) is 9.96. The van der Waals surface area contributed by atoms with E-state index >= 15 is 0 Å². The first-order valence-corrected chi connectivity index (χ1v) is 6.49. The molecule has 0 spiro atoms. The molecule has 0 fully saturated rings. The van der Waals surface area contributed by atoms with Crippen molar-refractivity contribution in [3.63, 3.8) is 0 Å². The molecule has 0 saturated heterocycles. The maximum Gasteiger partial charge on any atom is 0.387 e. The minimum absolute atomic E-state index is 0.489. The van der Waals surface area contributed by atoms with Crippen LogP contribution in [0.3, 0.4) is 0 Å². The van der Waals surface area contributed by atoms with Gasteiger partial charge in [-0.3, -0.25) is 4.99 Å². The maximum atomic E-state index is 5.28. The fraction of sp³-hybridized carbons (Fsp3) is 0.900. The van der Waals surface area contributed by atoms with Crippen molar-refractivity contribution in [3.8, 4) is 0 Å². The summed E-state index contributed by atoms with van der Waals surface area (Å²) in [5, 5.41) is 0. The normalized spacial score (nSPS) is 14.9. The summed E-state index contributed by atoms with van der Waals surface area (Å²) in [7, 11) is 2.36. The van der Waals surface area contributed by atoms with Gasteiger partial charge in [-0.25, -0.2) is 0 Å². The van der Waals surface area contributed by atoms with Crippen LogP contribution in [-0.2, 0) is 8.85 Å². The van der Waals surface area contributed by atoms with E-state index in [1.165, 1.54) is 5.71 Å². The van der Waals surface area contributed by atoms with Gasteiger partial charge in [0.2, 0.25) is 0 Å². The Morgan fingerprint density at radius 2 is 1.93 bits per heavy atom. The molecule has 0 N–H and O–H groups in total. The molecule has 0 amide bonds. The highest BCUT2D eigenvalue weighted by Gasteiger charge is 2.20. The Labute approximate surface area is 89.4 Å².